The number of aliphatic hydroxyl groups is 1. The van der Waals surface area contributed by atoms with Gasteiger partial charge in [-0.05, 0) is 31.5 Å². The number of hydrogen-bond acceptors (Lipinski definition) is 5. The first kappa shape index (κ1) is 16.5. The zero-order valence-corrected chi connectivity index (χ0v) is 13.2. The smallest absolute Gasteiger partial charge is 0.242 e. The molecule has 0 aliphatic carbocycles. The van der Waals surface area contributed by atoms with Crippen molar-refractivity contribution in [2.24, 2.45) is 0 Å². The van der Waals surface area contributed by atoms with Gasteiger partial charge < -0.3 is 10.0 Å². The van der Waals surface area contributed by atoms with Crippen LogP contribution >= 0.6 is 0 Å². The number of benzene rings is 1. The molecule has 118 valence electrons. The maximum Gasteiger partial charge on any atom is 0.242 e. The van der Waals surface area contributed by atoms with E-state index >= 15 is 0 Å². The highest BCUT2D eigenvalue weighted by molar-refractivity contribution is 7.89. The molecule has 0 amide bonds. The highest BCUT2D eigenvalue weighted by Gasteiger charge is 2.24. The molecule has 0 radical (unpaired) electrons. The Labute approximate surface area is 130 Å². The molecule has 0 saturated carbocycles. The first-order chi connectivity index (χ1) is 10.5. The molecule has 1 aliphatic rings. The molecule has 1 heterocycles. The molecule has 2 N–H and O–H groups in total. The summed E-state index contributed by atoms with van der Waals surface area (Å²) in [7, 11) is -3.76. The van der Waals surface area contributed by atoms with Crippen LogP contribution in [0.4, 0.5) is 5.69 Å². The summed E-state index contributed by atoms with van der Waals surface area (Å²) in [6.45, 7) is 2.61. The Kier molecular flexibility index (Phi) is 5.19. The molecule has 0 unspecified atom stereocenters. The second-order valence-electron chi connectivity index (χ2n) is 5.21. The number of hydrogen-bond donors (Lipinski definition) is 2. The van der Waals surface area contributed by atoms with E-state index in [9.17, 15) is 8.42 Å². The van der Waals surface area contributed by atoms with Crippen LogP contribution in [0.25, 0.3) is 0 Å². The first-order valence-electron chi connectivity index (χ1n) is 7.05. The summed E-state index contributed by atoms with van der Waals surface area (Å²) in [5.74, 6) is 0. The lowest BCUT2D eigenvalue weighted by molar-refractivity contribution is 0.265. The molecule has 1 aromatic rings. The van der Waals surface area contributed by atoms with E-state index in [2.05, 4.69) is 4.72 Å². The minimum atomic E-state index is -3.76. The van der Waals surface area contributed by atoms with Gasteiger partial charge in [0.25, 0.3) is 0 Å². The van der Waals surface area contributed by atoms with E-state index in [4.69, 9.17) is 10.4 Å². The lowest BCUT2D eigenvalue weighted by Gasteiger charge is -2.28. The summed E-state index contributed by atoms with van der Waals surface area (Å²) < 4.78 is 27.5. The number of nitriles is 1. The van der Waals surface area contributed by atoms with Crippen LogP contribution in [0.15, 0.2) is 35.2 Å². The predicted octanol–water partition coefficient (Wildman–Crippen LogP) is 0.984. The standard InChI is InChI=1S/C15H19N3O3S/c1-12(11-19)17-22(20,21)15-6-5-13(10-16)9-14(15)18-7-3-2-4-8-18/h2-3,5-6,9,12,17,19H,4,7-8,11H2,1H3/t12-/m0/s1. The molecule has 0 spiro atoms. The van der Waals surface area contributed by atoms with Crippen molar-refractivity contribution in [2.45, 2.75) is 24.3 Å². The van der Waals surface area contributed by atoms with Gasteiger partial charge in [-0.2, -0.15) is 5.26 Å². The minimum absolute atomic E-state index is 0.127. The van der Waals surface area contributed by atoms with Gasteiger partial charge in [0, 0.05) is 19.1 Å². The summed E-state index contributed by atoms with van der Waals surface area (Å²) >= 11 is 0. The van der Waals surface area contributed by atoms with E-state index < -0.39 is 16.1 Å². The van der Waals surface area contributed by atoms with Crippen LogP contribution in [0.3, 0.4) is 0 Å². The molecule has 2 rings (SSSR count). The van der Waals surface area contributed by atoms with Gasteiger partial charge in [0.15, 0.2) is 0 Å². The number of anilines is 1. The van der Waals surface area contributed by atoms with Gasteiger partial charge in [-0.15, -0.1) is 0 Å². The third kappa shape index (κ3) is 3.65. The monoisotopic (exact) mass is 321 g/mol. The second kappa shape index (κ2) is 6.92. The molecule has 7 heteroatoms. The van der Waals surface area contributed by atoms with Crippen molar-refractivity contribution in [3.8, 4) is 6.07 Å². The van der Waals surface area contributed by atoms with Gasteiger partial charge in [0.2, 0.25) is 10.0 Å². The largest absolute Gasteiger partial charge is 0.395 e. The maximum atomic E-state index is 12.5. The van der Waals surface area contributed by atoms with Gasteiger partial charge in [-0.1, -0.05) is 12.2 Å². The van der Waals surface area contributed by atoms with Gasteiger partial charge in [0.05, 0.1) is 23.9 Å². The number of nitrogens with zero attached hydrogens (tertiary/aromatic N) is 2. The van der Waals surface area contributed by atoms with Crippen molar-refractivity contribution in [2.75, 3.05) is 24.6 Å². The Balaban J connectivity index is 2.46. The SMILES string of the molecule is C[C@@H](CO)NS(=O)(=O)c1ccc(C#N)cc1N1CC=CCC1. The summed E-state index contributed by atoms with van der Waals surface area (Å²) in [6.07, 6.45) is 4.85. The third-order valence-corrected chi connectivity index (χ3v) is 5.04. The van der Waals surface area contributed by atoms with Crippen LogP contribution in [0.5, 0.6) is 0 Å². The van der Waals surface area contributed by atoms with Crippen molar-refractivity contribution < 1.29 is 13.5 Å². The lowest BCUT2D eigenvalue weighted by Crippen LogP contribution is -2.36. The molecule has 0 fully saturated rings. The molecule has 1 aromatic carbocycles. The van der Waals surface area contributed by atoms with Crippen molar-refractivity contribution in [3.63, 3.8) is 0 Å². The highest BCUT2D eigenvalue weighted by atomic mass is 32.2. The number of rotatable bonds is 5. The van der Waals surface area contributed by atoms with E-state index in [1.54, 1.807) is 13.0 Å². The average Bonchev–Trinajstić information content (AvgIpc) is 2.54. The quantitative estimate of drug-likeness (QED) is 0.789. The van der Waals surface area contributed by atoms with E-state index in [0.717, 1.165) is 6.42 Å². The fourth-order valence-corrected chi connectivity index (χ4v) is 3.73. The van der Waals surface area contributed by atoms with E-state index in [1.807, 2.05) is 23.1 Å². The number of sulfonamides is 1. The van der Waals surface area contributed by atoms with E-state index in [1.165, 1.54) is 12.1 Å². The summed E-state index contributed by atoms with van der Waals surface area (Å²) in [5.41, 5.74) is 0.930. The van der Waals surface area contributed by atoms with Crippen LogP contribution in [0, 0.1) is 11.3 Å². The van der Waals surface area contributed by atoms with Gasteiger partial charge in [-0.3, -0.25) is 0 Å². The van der Waals surface area contributed by atoms with Crippen LogP contribution in [-0.2, 0) is 10.0 Å². The van der Waals surface area contributed by atoms with Crippen molar-refractivity contribution in [1.82, 2.24) is 4.72 Å². The van der Waals surface area contributed by atoms with E-state index in [0.29, 0.717) is 24.3 Å². The Hall–Kier alpha value is -1.88. The molecule has 0 bridgehead atoms. The third-order valence-electron chi connectivity index (χ3n) is 3.41. The maximum absolute atomic E-state index is 12.5. The lowest BCUT2D eigenvalue weighted by atomic mass is 10.1. The molecule has 6 nitrogen and oxygen atoms in total. The molecule has 1 atom stereocenters. The molecule has 22 heavy (non-hydrogen) atoms. The second-order valence-corrected chi connectivity index (χ2v) is 6.89. The predicted molar refractivity (Wildman–Crippen MR) is 84.0 cm³/mol. The minimum Gasteiger partial charge on any atom is -0.395 e. The fourth-order valence-electron chi connectivity index (χ4n) is 2.29. The molecule has 1 aliphatic heterocycles. The molecule has 0 aromatic heterocycles. The highest BCUT2D eigenvalue weighted by Crippen LogP contribution is 2.28. The van der Waals surface area contributed by atoms with Crippen molar-refractivity contribution >= 4 is 15.7 Å². The Bertz CT molecular complexity index is 707. The zero-order valence-electron chi connectivity index (χ0n) is 12.4. The average molecular weight is 321 g/mol. The van der Waals surface area contributed by atoms with Crippen LogP contribution in [0.1, 0.15) is 18.9 Å². The van der Waals surface area contributed by atoms with Crippen molar-refractivity contribution in [3.05, 3.63) is 35.9 Å². The fraction of sp³-hybridized carbons (Fsp3) is 0.400. The first-order valence-corrected chi connectivity index (χ1v) is 8.53. The van der Waals surface area contributed by atoms with Crippen LogP contribution in [-0.4, -0.2) is 39.3 Å². The topological polar surface area (TPSA) is 93.4 Å². The molecular weight excluding hydrogens is 302 g/mol. The van der Waals surface area contributed by atoms with E-state index in [-0.39, 0.29) is 11.5 Å². The van der Waals surface area contributed by atoms with Gasteiger partial charge in [0.1, 0.15) is 4.90 Å². The summed E-state index contributed by atoms with van der Waals surface area (Å²) in [4.78, 5) is 2.06. The van der Waals surface area contributed by atoms with Gasteiger partial charge in [-0.25, -0.2) is 13.1 Å². The number of nitrogens with one attached hydrogen (secondary N) is 1. The van der Waals surface area contributed by atoms with Crippen molar-refractivity contribution in [1.29, 1.82) is 5.26 Å². The Morgan fingerprint density at radius 3 is 2.82 bits per heavy atom. The Morgan fingerprint density at radius 1 is 1.45 bits per heavy atom. The number of aliphatic hydroxyl groups excluding tert-OH is 1. The molecule has 0 saturated heterocycles. The van der Waals surface area contributed by atoms with Crippen LogP contribution in [0.2, 0.25) is 0 Å². The molecular formula is C15H19N3O3S. The zero-order chi connectivity index (χ0) is 16.2. The Morgan fingerprint density at radius 2 is 2.23 bits per heavy atom. The van der Waals surface area contributed by atoms with Gasteiger partial charge >= 0.3 is 0 Å². The van der Waals surface area contributed by atoms with Crippen LogP contribution < -0.4 is 9.62 Å². The normalized spacial score (nSPS) is 16.3. The summed E-state index contributed by atoms with van der Waals surface area (Å²) in [5, 5.41) is 18.1. The summed E-state index contributed by atoms with van der Waals surface area (Å²) in [6, 6.07) is 5.99.